The van der Waals surface area contributed by atoms with Gasteiger partial charge in [-0.05, 0) is 6.92 Å². The number of rotatable bonds is 8. The van der Waals surface area contributed by atoms with Gasteiger partial charge >= 0.3 is 7.82 Å². The van der Waals surface area contributed by atoms with Crippen LogP contribution in [0.1, 0.15) is 13.3 Å². The summed E-state index contributed by atoms with van der Waals surface area (Å²) in [5.41, 5.74) is 0.424. The number of nitrogens with one attached hydrogen (secondary N) is 1. The Morgan fingerprint density at radius 2 is 1.95 bits per heavy atom. The van der Waals surface area contributed by atoms with E-state index in [0.717, 1.165) is 0 Å². The Labute approximate surface area is 114 Å². The van der Waals surface area contributed by atoms with Gasteiger partial charge in [0.1, 0.15) is 12.6 Å². The third-order valence-corrected chi connectivity index (χ3v) is 3.17. The molecule has 0 heterocycles. The number of amides is 1. The maximum atomic E-state index is 11.3. The molecule has 0 aliphatic carbocycles. The van der Waals surface area contributed by atoms with E-state index in [-0.39, 0.29) is 18.6 Å². The van der Waals surface area contributed by atoms with Crippen LogP contribution in [0.3, 0.4) is 0 Å². The van der Waals surface area contributed by atoms with E-state index in [4.69, 9.17) is 9.79 Å². The lowest BCUT2D eigenvalue weighted by Gasteiger charge is -2.34. The van der Waals surface area contributed by atoms with Crippen molar-refractivity contribution >= 4 is 13.7 Å². The average Bonchev–Trinajstić information content (AvgIpc) is 2.18. The maximum Gasteiger partial charge on any atom is 0.469 e. The molecule has 0 aromatic heterocycles. The van der Waals surface area contributed by atoms with Crippen LogP contribution >= 0.6 is 7.82 Å². The summed E-state index contributed by atoms with van der Waals surface area (Å²) in [5.74, 6) is -0.226. The van der Waals surface area contributed by atoms with Crippen LogP contribution in [0.2, 0.25) is 0 Å². The molecular weight excluding hydrogens is 271 g/mol. The smallest absolute Gasteiger partial charge is 0.352 e. The molecule has 0 rings (SSSR count). The number of carbonyl (C=O) groups excluding carboxylic acids is 1. The van der Waals surface area contributed by atoms with Crippen LogP contribution < -0.4 is 5.32 Å². The normalized spacial score (nSPS) is 14.0. The molecule has 7 nitrogen and oxygen atoms in total. The molecule has 0 saturated carbocycles. The summed E-state index contributed by atoms with van der Waals surface area (Å²) in [6, 6.07) is -0.141. The van der Waals surface area contributed by atoms with Gasteiger partial charge in [0.25, 0.3) is 0 Å². The second kappa shape index (κ2) is 7.17. The first-order valence-corrected chi connectivity index (χ1v) is 7.41. The lowest BCUT2D eigenvalue weighted by Crippen LogP contribution is -2.49. The molecule has 1 atom stereocenters. The molecule has 0 fully saturated rings. The first-order valence-electron chi connectivity index (χ1n) is 5.88. The van der Waals surface area contributed by atoms with Gasteiger partial charge in [-0.1, -0.05) is 6.58 Å². The van der Waals surface area contributed by atoms with Crippen LogP contribution in [0.5, 0.6) is 0 Å². The van der Waals surface area contributed by atoms with Crippen molar-refractivity contribution in [1.82, 2.24) is 5.32 Å². The SMILES string of the molecule is C=C(C)C(=O)NCCC(COP(=O)(O)O)[N+](C)(C)C. The van der Waals surface area contributed by atoms with Gasteiger partial charge in [-0.2, -0.15) is 0 Å². The summed E-state index contributed by atoms with van der Waals surface area (Å²) in [4.78, 5) is 28.8. The fourth-order valence-corrected chi connectivity index (χ4v) is 1.75. The van der Waals surface area contributed by atoms with Crippen molar-refractivity contribution in [3.63, 3.8) is 0 Å². The van der Waals surface area contributed by atoms with Gasteiger partial charge in [-0.25, -0.2) is 4.57 Å². The van der Waals surface area contributed by atoms with Crippen molar-refractivity contribution in [2.45, 2.75) is 19.4 Å². The molecule has 1 amide bonds. The van der Waals surface area contributed by atoms with Crippen LogP contribution in [0.15, 0.2) is 12.2 Å². The van der Waals surface area contributed by atoms with Crippen molar-refractivity contribution in [3.8, 4) is 0 Å². The second-order valence-corrected chi connectivity index (χ2v) is 6.62. The van der Waals surface area contributed by atoms with E-state index < -0.39 is 7.82 Å². The van der Waals surface area contributed by atoms with Crippen molar-refractivity contribution < 1.29 is 28.2 Å². The van der Waals surface area contributed by atoms with Crippen molar-refractivity contribution in [2.24, 2.45) is 0 Å². The number of carbonyl (C=O) groups is 1. The highest BCUT2D eigenvalue weighted by Gasteiger charge is 2.27. The van der Waals surface area contributed by atoms with Crippen molar-refractivity contribution in [1.29, 1.82) is 0 Å². The van der Waals surface area contributed by atoms with E-state index in [1.807, 2.05) is 21.1 Å². The molecule has 0 aromatic rings. The number of phosphoric acid groups is 1. The Kier molecular flexibility index (Phi) is 6.89. The lowest BCUT2D eigenvalue weighted by molar-refractivity contribution is -0.896. The van der Waals surface area contributed by atoms with Crippen molar-refractivity contribution in [3.05, 3.63) is 12.2 Å². The zero-order valence-electron chi connectivity index (χ0n) is 11.9. The molecule has 3 N–H and O–H groups in total. The number of hydrogen-bond acceptors (Lipinski definition) is 3. The van der Waals surface area contributed by atoms with Crippen molar-refractivity contribution in [2.75, 3.05) is 34.3 Å². The molecule has 0 spiro atoms. The van der Waals surface area contributed by atoms with E-state index in [0.29, 0.717) is 23.0 Å². The van der Waals surface area contributed by atoms with Crippen LogP contribution in [0.25, 0.3) is 0 Å². The van der Waals surface area contributed by atoms with Gasteiger partial charge in [-0.3, -0.25) is 9.32 Å². The van der Waals surface area contributed by atoms with Gasteiger partial charge in [-0.15, -0.1) is 0 Å². The average molecular weight is 295 g/mol. The van der Waals surface area contributed by atoms with Crippen LogP contribution in [-0.4, -0.2) is 60.5 Å². The molecule has 0 aliphatic heterocycles. The van der Waals surface area contributed by atoms with E-state index in [2.05, 4.69) is 16.4 Å². The van der Waals surface area contributed by atoms with Crippen LogP contribution in [-0.2, 0) is 13.9 Å². The van der Waals surface area contributed by atoms with Crippen LogP contribution in [0, 0.1) is 0 Å². The third kappa shape index (κ3) is 8.91. The summed E-state index contributed by atoms with van der Waals surface area (Å²) in [7, 11) is 1.22. The first-order chi connectivity index (χ1) is 8.43. The standard InChI is InChI=1S/C11H23N2O5P/c1-9(2)11(14)12-7-6-10(13(3,4)5)8-18-19(15,16)17/h10H,1,6-8H2,2-5H3,(H2-,12,14,15,16,17)/p+1. The van der Waals surface area contributed by atoms with Crippen LogP contribution in [0.4, 0.5) is 0 Å². The van der Waals surface area contributed by atoms with Gasteiger partial charge in [0.2, 0.25) is 5.91 Å². The molecular formula is C11H24N2O5P+. The number of phosphoric ester groups is 1. The third-order valence-electron chi connectivity index (χ3n) is 2.68. The summed E-state index contributed by atoms with van der Waals surface area (Å²) in [6.07, 6.45) is 0.544. The quantitative estimate of drug-likeness (QED) is 0.339. The monoisotopic (exact) mass is 295 g/mol. The molecule has 112 valence electrons. The van der Waals surface area contributed by atoms with E-state index >= 15 is 0 Å². The predicted octanol–water partition coefficient (Wildman–Crippen LogP) is 0.253. The van der Waals surface area contributed by atoms with Gasteiger partial charge in [0.15, 0.2) is 0 Å². The Balaban J connectivity index is 4.35. The minimum absolute atomic E-state index is 0.0727. The van der Waals surface area contributed by atoms with E-state index in [1.165, 1.54) is 0 Å². The fraction of sp³-hybridized carbons (Fsp3) is 0.727. The molecule has 8 heteroatoms. The van der Waals surface area contributed by atoms with E-state index in [9.17, 15) is 9.36 Å². The number of hydrogen-bond donors (Lipinski definition) is 3. The number of nitrogens with zero attached hydrogens (tertiary/aromatic N) is 1. The highest BCUT2D eigenvalue weighted by molar-refractivity contribution is 7.46. The molecule has 0 aromatic carbocycles. The molecule has 0 saturated heterocycles. The summed E-state index contributed by atoms with van der Waals surface area (Å²) < 4.78 is 15.7. The lowest BCUT2D eigenvalue weighted by atomic mass is 10.1. The molecule has 19 heavy (non-hydrogen) atoms. The van der Waals surface area contributed by atoms with Gasteiger partial charge < -0.3 is 19.6 Å². The van der Waals surface area contributed by atoms with E-state index in [1.54, 1.807) is 6.92 Å². The number of quaternary nitrogens is 1. The summed E-state index contributed by atoms with van der Waals surface area (Å²) >= 11 is 0. The zero-order valence-corrected chi connectivity index (χ0v) is 12.8. The minimum atomic E-state index is -4.47. The topological polar surface area (TPSA) is 95.9 Å². The molecule has 1 unspecified atom stereocenters. The Morgan fingerprint density at radius 3 is 2.32 bits per heavy atom. The zero-order chi connectivity index (χ0) is 15.3. The molecule has 0 bridgehead atoms. The fourth-order valence-electron chi connectivity index (χ4n) is 1.38. The minimum Gasteiger partial charge on any atom is -0.352 e. The largest absolute Gasteiger partial charge is 0.469 e. The summed E-state index contributed by atoms with van der Waals surface area (Å²) in [6.45, 7) is 5.47. The number of likely N-dealkylation sites (N-methyl/N-ethyl adjacent to an activating group) is 1. The predicted molar refractivity (Wildman–Crippen MR) is 72.3 cm³/mol. The molecule has 0 radical (unpaired) electrons. The Morgan fingerprint density at radius 1 is 1.42 bits per heavy atom. The first kappa shape index (κ1) is 18.3. The summed E-state index contributed by atoms with van der Waals surface area (Å²) in [5, 5.41) is 2.68. The van der Waals surface area contributed by atoms with Gasteiger partial charge in [0.05, 0.1) is 21.1 Å². The Bertz CT molecular complexity index is 372. The maximum absolute atomic E-state index is 11.3. The molecule has 0 aliphatic rings. The van der Waals surface area contributed by atoms with Gasteiger partial charge in [0, 0.05) is 18.5 Å². The highest BCUT2D eigenvalue weighted by Crippen LogP contribution is 2.36. The highest BCUT2D eigenvalue weighted by atomic mass is 31.2. The Hall–Kier alpha value is -0.720. The second-order valence-electron chi connectivity index (χ2n) is 5.38.